The number of nitrogens with zero attached hydrogens (tertiary/aromatic N) is 1. The Morgan fingerprint density at radius 1 is 1.20 bits per heavy atom. The van der Waals surface area contributed by atoms with Crippen molar-refractivity contribution >= 4 is 17.5 Å². The van der Waals surface area contributed by atoms with Gasteiger partial charge in [0.25, 0.3) is 0 Å². The number of hydrogen-bond acceptors (Lipinski definition) is 4. The summed E-state index contributed by atoms with van der Waals surface area (Å²) in [4.78, 5) is 11.8. The molecule has 0 aliphatic rings. The molecule has 0 bridgehead atoms. The Morgan fingerprint density at radius 2 is 1.90 bits per heavy atom. The van der Waals surface area contributed by atoms with Crippen LogP contribution in [0.3, 0.4) is 0 Å². The highest BCUT2D eigenvalue weighted by Crippen LogP contribution is 2.19. The van der Waals surface area contributed by atoms with E-state index in [1.807, 2.05) is 44.2 Å². The third-order valence-electron chi connectivity index (χ3n) is 2.86. The molecule has 0 aliphatic heterocycles. The molecular weight excluding hydrogens is 254 g/mol. The van der Waals surface area contributed by atoms with E-state index in [1.54, 1.807) is 6.92 Å². The van der Waals surface area contributed by atoms with Crippen molar-refractivity contribution < 1.29 is 9.32 Å². The molecule has 0 saturated heterocycles. The number of carbonyl (C=O) groups is 1. The lowest BCUT2D eigenvalue weighted by Crippen LogP contribution is -2.10. The Labute approximate surface area is 117 Å². The summed E-state index contributed by atoms with van der Waals surface area (Å²) in [5.41, 5.74) is 3.20. The first-order valence-electron chi connectivity index (χ1n) is 6.30. The number of carbonyl (C=O) groups excluding carboxylic acids is 1. The van der Waals surface area contributed by atoms with E-state index < -0.39 is 0 Å². The van der Waals surface area contributed by atoms with Gasteiger partial charge in [-0.3, -0.25) is 4.79 Å². The van der Waals surface area contributed by atoms with Crippen molar-refractivity contribution in [3.05, 3.63) is 53.4 Å². The number of aromatic nitrogens is 1. The number of nitrogens with one attached hydrogen (secondary N) is 2. The number of anilines is 2. The zero-order valence-electron chi connectivity index (χ0n) is 11.7. The summed E-state index contributed by atoms with van der Waals surface area (Å²) in [5, 5.41) is 9.65. The summed E-state index contributed by atoms with van der Waals surface area (Å²) in [7, 11) is 0. The van der Waals surface area contributed by atoms with Gasteiger partial charge in [-0.05, 0) is 32.9 Å². The lowest BCUT2D eigenvalue weighted by Gasteiger charge is -2.05. The van der Waals surface area contributed by atoms with E-state index in [0.717, 1.165) is 16.9 Å². The molecule has 1 aromatic carbocycles. The van der Waals surface area contributed by atoms with Crippen LogP contribution in [0.25, 0.3) is 0 Å². The molecule has 1 heterocycles. The third-order valence-corrected chi connectivity index (χ3v) is 2.86. The molecule has 20 heavy (non-hydrogen) atoms. The van der Waals surface area contributed by atoms with Gasteiger partial charge in [0.15, 0.2) is 0 Å². The number of allylic oxidation sites excluding steroid dienone is 1. The molecule has 1 amide bonds. The minimum Gasteiger partial charge on any atom is -0.338 e. The molecule has 0 radical (unpaired) electrons. The van der Waals surface area contributed by atoms with Gasteiger partial charge >= 0.3 is 0 Å². The monoisotopic (exact) mass is 271 g/mol. The minimum absolute atomic E-state index is 0.199. The molecule has 104 valence electrons. The fourth-order valence-electron chi connectivity index (χ4n) is 1.64. The van der Waals surface area contributed by atoms with Crippen molar-refractivity contribution in [2.45, 2.75) is 20.8 Å². The van der Waals surface area contributed by atoms with E-state index in [0.29, 0.717) is 11.6 Å². The molecule has 0 aliphatic carbocycles. The minimum atomic E-state index is -0.199. The molecular formula is C15H17N3O2. The summed E-state index contributed by atoms with van der Waals surface area (Å²) in [5.74, 6) is 0.360. The number of benzene rings is 1. The highest BCUT2D eigenvalue weighted by molar-refractivity contribution is 5.99. The Hall–Kier alpha value is -2.56. The van der Waals surface area contributed by atoms with E-state index >= 15 is 0 Å². The second-order valence-corrected chi connectivity index (χ2v) is 4.53. The molecule has 0 saturated carbocycles. The van der Waals surface area contributed by atoms with Crippen molar-refractivity contribution in [3.63, 3.8) is 0 Å². The topological polar surface area (TPSA) is 67.2 Å². The quantitative estimate of drug-likeness (QED) is 0.838. The van der Waals surface area contributed by atoms with Gasteiger partial charge in [0, 0.05) is 23.0 Å². The molecule has 1 aromatic heterocycles. The van der Waals surface area contributed by atoms with E-state index in [2.05, 4.69) is 15.8 Å². The van der Waals surface area contributed by atoms with Crippen LogP contribution in [0.15, 0.2) is 46.6 Å². The summed E-state index contributed by atoms with van der Waals surface area (Å²) in [6.07, 6.45) is 1.48. The predicted octanol–water partition coefficient (Wildman–Crippen LogP) is 3.25. The molecule has 2 rings (SSSR count). The van der Waals surface area contributed by atoms with Gasteiger partial charge in [-0.25, -0.2) is 0 Å². The summed E-state index contributed by atoms with van der Waals surface area (Å²) < 4.78 is 5.13. The standard InChI is InChI=1S/C15H17N3O2/c1-10(16-15-11(2)12(3)18-20-15)9-14(19)17-13-7-5-4-6-8-13/h4-9,16H,1-3H3,(H,17,19)/b10-9-. The first-order valence-corrected chi connectivity index (χ1v) is 6.30. The molecule has 2 aromatic rings. The first-order chi connectivity index (χ1) is 9.56. The molecule has 0 atom stereocenters. The fraction of sp³-hybridized carbons (Fsp3) is 0.200. The molecule has 0 spiro atoms. The Bertz CT molecular complexity index is 630. The van der Waals surface area contributed by atoms with Crippen molar-refractivity contribution in [1.29, 1.82) is 0 Å². The molecule has 5 nitrogen and oxygen atoms in total. The van der Waals surface area contributed by atoms with Crippen LogP contribution in [0.4, 0.5) is 11.6 Å². The average molecular weight is 271 g/mol. The van der Waals surface area contributed by atoms with Gasteiger partial charge in [0.05, 0.1) is 5.69 Å². The highest BCUT2D eigenvalue weighted by atomic mass is 16.5. The number of amides is 1. The summed E-state index contributed by atoms with van der Waals surface area (Å²) >= 11 is 0. The number of aryl methyl sites for hydroxylation is 1. The van der Waals surface area contributed by atoms with Crippen molar-refractivity contribution in [1.82, 2.24) is 5.16 Å². The van der Waals surface area contributed by atoms with E-state index in [9.17, 15) is 4.79 Å². The van der Waals surface area contributed by atoms with Crippen LogP contribution in [0.5, 0.6) is 0 Å². The largest absolute Gasteiger partial charge is 0.338 e. The second kappa shape index (κ2) is 6.06. The van der Waals surface area contributed by atoms with Crippen LogP contribution in [0.1, 0.15) is 18.2 Å². The molecule has 0 fully saturated rings. The van der Waals surface area contributed by atoms with Crippen LogP contribution < -0.4 is 10.6 Å². The van der Waals surface area contributed by atoms with Crippen LogP contribution in [-0.2, 0) is 4.79 Å². The van der Waals surface area contributed by atoms with Crippen molar-refractivity contribution in [2.24, 2.45) is 0 Å². The first kappa shape index (κ1) is 13.9. The normalized spacial score (nSPS) is 11.2. The number of hydrogen-bond donors (Lipinski definition) is 2. The van der Waals surface area contributed by atoms with Gasteiger partial charge in [0.1, 0.15) is 0 Å². The van der Waals surface area contributed by atoms with Crippen LogP contribution in [0.2, 0.25) is 0 Å². The zero-order chi connectivity index (χ0) is 14.5. The van der Waals surface area contributed by atoms with Crippen molar-refractivity contribution in [3.8, 4) is 0 Å². The Morgan fingerprint density at radius 3 is 2.50 bits per heavy atom. The van der Waals surface area contributed by atoms with Crippen molar-refractivity contribution in [2.75, 3.05) is 10.6 Å². The molecule has 2 N–H and O–H groups in total. The maximum atomic E-state index is 11.8. The predicted molar refractivity (Wildman–Crippen MR) is 78.4 cm³/mol. The zero-order valence-corrected chi connectivity index (χ0v) is 11.7. The average Bonchev–Trinajstić information content (AvgIpc) is 2.71. The molecule has 0 unspecified atom stereocenters. The van der Waals surface area contributed by atoms with Gasteiger partial charge in [0.2, 0.25) is 11.8 Å². The Kier molecular flexibility index (Phi) is 4.20. The molecule has 5 heteroatoms. The van der Waals surface area contributed by atoms with Gasteiger partial charge in [-0.2, -0.15) is 0 Å². The lowest BCUT2D eigenvalue weighted by molar-refractivity contribution is -0.111. The lowest BCUT2D eigenvalue weighted by atomic mass is 10.3. The van der Waals surface area contributed by atoms with E-state index in [4.69, 9.17) is 4.52 Å². The van der Waals surface area contributed by atoms with Gasteiger partial charge in [-0.15, -0.1) is 0 Å². The third kappa shape index (κ3) is 3.47. The van der Waals surface area contributed by atoms with E-state index in [-0.39, 0.29) is 5.91 Å². The SMILES string of the molecule is C/C(=C/C(=O)Nc1ccccc1)Nc1onc(C)c1C. The number of rotatable bonds is 4. The maximum absolute atomic E-state index is 11.8. The van der Waals surface area contributed by atoms with E-state index in [1.165, 1.54) is 6.08 Å². The van der Waals surface area contributed by atoms with Crippen LogP contribution in [-0.4, -0.2) is 11.1 Å². The maximum Gasteiger partial charge on any atom is 0.250 e. The second-order valence-electron chi connectivity index (χ2n) is 4.53. The summed E-state index contributed by atoms with van der Waals surface area (Å²) in [6, 6.07) is 9.29. The van der Waals surface area contributed by atoms with Crippen LogP contribution >= 0.6 is 0 Å². The fourth-order valence-corrected chi connectivity index (χ4v) is 1.64. The Balaban J connectivity index is 2.00. The van der Waals surface area contributed by atoms with Gasteiger partial charge in [-0.1, -0.05) is 23.4 Å². The smallest absolute Gasteiger partial charge is 0.250 e. The number of para-hydroxylation sites is 1. The van der Waals surface area contributed by atoms with Gasteiger partial charge < -0.3 is 15.2 Å². The summed E-state index contributed by atoms with van der Waals surface area (Å²) in [6.45, 7) is 5.57. The van der Waals surface area contributed by atoms with Crippen LogP contribution in [0, 0.1) is 13.8 Å². The highest BCUT2D eigenvalue weighted by Gasteiger charge is 2.08.